The number of benzene rings is 1. The van der Waals surface area contributed by atoms with E-state index >= 15 is 0 Å². The van der Waals surface area contributed by atoms with Crippen LogP contribution in [0.25, 0.3) is 0 Å². The molecule has 0 spiro atoms. The van der Waals surface area contributed by atoms with Gasteiger partial charge in [0, 0.05) is 17.3 Å². The number of nitrogens with zero attached hydrogens (tertiary/aromatic N) is 3. The predicted molar refractivity (Wildman–Crippen MR) is 88.9 cm³/mol. The van der Waals surface area contributed by atoms with E-state index in [0.717, 1.165) is 11.5 Å². The minimum Gasteiger partial charge on any atom is -0.378 e. The van der Waals surface area contributed by atoms with Crippen LogP contribution in [-0.4, -0.2) is 26.4 Å². The second-order valence-electron chi connectivity index (χ2n) is 4.41. The van der Waals surface area contributed by atoms with Gasteiger partial charge in [-0.2, -0.15) is 0 Å². The first-order valence-electron chi connectivity index (χ1n) is 6.53. The van der Waals surface area contributed by atoms with Crippen LogP contribution in [0.1, 0.15) is 5.82 Å². The van der Waals surface area contributed by atoms with Gasteiger partial charge in [0.1, 0.15) is 0 Å². The van der Waals surface area contributed by atoms with Crippen molar-refractivity contribution < 1.29 is 4.79 Å². The molecule has 8 heteroatoms. The van der Waals surface area contributed by atoms with Crippen molar-refractivity contribution in [2.45, 2.75) is 18.2 Å². The third-order valence-electron chi connectivity index (χ3n) is 2.74. The lowest BCUT2D eigenvalue weighted by molar-refractivity contribution is -0.115. The lowest BCUT2D eigenvalue weighted by Gasteiger charge is -2.09. The summed E-state index contributed by atoms with van der Waals surface area (Å²) >= 11 is 7.11. The Morgan fingerprint density at radius 3 is 2.77 bits per heavy atom. The van der Waals surface area contributed by atoms with Gasteiger partial charge in [-0.15, -0.1) is 16.8 Å². The molecule has 1 amide bonds. The second-order valence-corrected chi connectivity index (χ2v) is 5.79. The molecule has 0 unspecified atom stereocenters. The Hall–Kier alpha value is -1.99. The number of carbonyl (C=O) groups is 1. The topological polar surface area (TPSA) is 85.8 Å². The molecular formula is C14H16ClN5OS. The highest BCUT2D eigenvalue weighted by molar-refractivity contribution is 7.99. The first-order valence-corrected chi connectivity index (χ1v) is 7.90. The van der Waals surface area contributed by atoms with Gasteiger partial charge in [0.25, 0.3) is 0 Å². The number of thioether (sulfide) groups is 1. The summed E-state index contributed by atoms with van der Waals surface area (Å²) in [5, 5.41) is 12.8. The smallest absolute Gasteiger partial charge is 0.227 e. The normalized spacial score (nSPS) is 10.4. The van der Waals surface area contributed by atoms with Crippen LogP contribution in [0.2, 0.25) is 5.02 Å². The number of aromatic nitrogens is 3. The summed E-state index contributed by atoms with van der Waals surface area (Å²) in [7, 11) is 0. The fourth-order valence-electron chi connectivity index (χ4n) is 1.75. The molecule has 1 heterocycles. The van der Waals surface area contributed by atoms with Crippen LogP contribution in [0.3, 0.4) is 0 Å². The first-order chi connectivity index (χ1) is 10.6. The SMILES string of the molecule is C=CCn1c(CNc2ccc(Cl)cc2)nnc1SCC(N)=O. The summed E-state index contributed by atoms with van der Waals surface area (Å²) in [5.74, 6) is 0.528. The fourth-order valence-corrected chi connectivity index (χ4v) is 2.59. The van der Waals surface area contributed by atoms with Crippen molar-refractivity contribution in [1.29, 1.82) is 0 Å². The van der Waals surface area contributed by atoms with Crippen LogP contribution in [0.4, 0.5) is 5.69 Å². The summed E-state index contributed by atoms with van der Waals surface area (Å²) in [4.78, 5) is 10.9. The predicted octanol–water partition coefficient (Wildman–Crippen LogP) is 2.31. The minimum absolute atomic E-state index is 0.167. The Balaban J connectivity index is 2.07. The van der Waals surface area contributed by atoms with Gasteiger partial charge in [0.05, 0.1) is 12.3 Å². The van der Waals surface area contributed by atoms with Gasteiger partial charge in [0.15, 0.2) is 11.0 Å². The van der Waals surface area contributed by atoms with Crippen LogP contribution >= 0.6 is 23.4 Å². The van der Waals surface area contributed by atoms with Gasteiger partial charge in [-0.3, -0.25) is 4.79 Å². The van der Waals surface area contributed by atoms with E-state index in [1.807, 2.05) is 28.8 Å². The lowest BCUT2D eigenvalue weighted by Crippen LogP contribution is -2.14. The minimum atomic E-state index is -0.390. The second kappa shape index (κ2) is 7.86. The molecule has 0 atom stereocenters. The van der Waals surface area contributed by atoms with Crippen LogP contribution < -0.4 is 11.1 Å². The largest absolute Gasteiger partial charge is 0.378 e. The van der Waals surface area contributed by atoms with Crippen molar-refractivity contribution in [3.63, 3.8) is 0 Å². The van der Waals surface area contributed by atoms with Crippen molar-refractivity contribution in [3.05, 3.63) is 47.8 Å². The highest BCUT2D eigenvalue weighted by Gasteiger charge is 2.12. The van der Waals surface area contributed by atoms with Gasteiger partial charge in [-0.1, -0.05) is 29.4 Å². The average Bonchev–Trinajstić information content (AvgIpc) is 2.87. The zero-order valence-corrected chi connectivity index (χ0v) is 13.4. The van der Waals surface area contributed by atoms with Crippen molar-refractivity contribution >= 4 is 35.0 Å². The van der Waals surface area contributed by atoms with Gasteiger partial charge >= 0.3 is 0 Å². The number of anilines is 1. The monoisotopic (exact) mass is 337 g/mol. The molecule has 0 fully saturated rings. The molecule has 6 nitrogen and oxygen atoms in total. The Kier molecular flexibility index (Phi) is 5.85. The van der Waals surface area contributed by atoms with Gasteiger partial charge in [-0.25, -0.2) is 0 Å². The zero-order valence-electron chi connectivity index (χ0n) is 11.8. The molecule has 0 aliphatic rings. The fraction of sp³-hybridized carbons (Fsp3) is 0.214. The number of carbonyl (C=O) groups excluding carboxylic acids is 1. The van der Waals surface area contributed by atoms with Gasteiger partial charge < -0.3 is 15.6 Å². The molecule has 0 saturated heterocycles. The number of primary amides is 1. The third-order valence-corrected chi connectivity index (χ3v) is 3.98. The summed E-state index contributed by atoms with van der Waals surface area (Å²) in [6.45, 7) is 4.79. The van der Waals surface area contributed by atoms with E-state index in [1.54, 1.807) is 6.08 Å². The molecule has 1 aromatic heterocycles. The molecule has 2 aromatic rings. The summed E-state index contributed by atoms with van der Waals surface area (Å²) < 4.78 is 1.89. The maximum absolute atomic E-state index is 10.9. The number of halogens is 1. The van der Waals surface area contributed by atoms with Gasteiger partial charge in [-0.05, 0) is 24.3 Å². The first kappa shape index (κ1) is 16.4. The number of hydrogen-bond donors (Lipinski definition) is 2. The number of nitrogens with two attached hydrogens (primary N) is 1. The Bertz CT molecular complexity index is 656. The third kappa shape index (κ3) is 4.51. The van der Waals surface area contributed by atoms with Crippen molar-refractivity contribution in [2.24, 2.45) is 5.73 Å². The average molecular weight is 338 g/mol. The van der Waals surface area contributed by atoms with Crippen LogP contribution in [0, 0.1) is 0 Å². The molecule has 22 heavy (non-hydrogen) atoms. The highest BCUT2D eigenvalue weighted by atomic mass is 35.5. The van der Waals surface area contributed by atoms with E-state index in [4.69, 9.17) is 17.3 Å². The number of amides is 1. The lowest BCUT2D eigenvalue weighted by atomic mass is 10.3. The molecule has 0 radical (unpaired) electrons. The Labute approximate surface area is 137 Å². The molecule has 0 bridgehead atoms. The molecule has 1 aromatic carbocycles. The van der Waals surface area contributed by atoms with Crippen molar-refractivity contribution in [1.82, 2.24) is 14.8 Å². The van der Waals surface area contributed by atoms with Gasteiger partial charge in [0.2, 0.25) is 5.91 Å². The molecular weight excluding hydrogens is 322 g/mol. The molecule has 0 aliphatic heterocycles. The molecule has 116 valence electrons. The van der Waals surface area contributed by atoms with E-state index < -0.39 is 0 Å². The number of rotatable bonds is 8. The van der Waals surface area contributed by atoms with E-state index in [1.165, 1.54) is 11.8 Å². The molecule has 0 saturated carbocycles. The summed E-state index contributed by atoms with van der Waals surface area (Å²) in [5.41, 5.74) is 6.09. The van der Waals surface area contributed by atoms with Crippen LogP contribution in [-0.2, 0) is 17.9 Å². The van der Waals surface area contributed by atoms with Crippen LogP contribution in [0.5, 0.6) is 0 Å². The maximum Gasteiger partial charge on any atom is 0.227 e. The quantitative estimate of drug-likeness (QED) is 0.570. The van der Waals surface area contributed by atoms with E-state index in [2.05, 4.69) is 22.1 Å². The molecule has 2 rings (SSSR count). The summed E-state index contributed by atoms with van der Waals surface area (Å²) in [6.07, 6.45) is 1.75. The highest BCUT2D eigenvalue weighted by Crippen LogP contribution is 2.18. The van der Waals surface area contributed by atoms with Crippen molar-refractivity contribution in [3.8, 4) is 0 Å². The number of allylic oxidation sites excluding steroid dienone is 1. The number of hydrogen-bond acceptors (Lipinski definition) is 5. The Morgan fingerprint density at radius 2 is 2.14 bits per heavy atom. The Morgan fingerprint density at radius 1 is 1.41 bits per heavy atom. The van der Waals surface area contributed by atoms with Crippen LogP contribution in [0.15, 0.2) is 42.1 Å². The van der Waals surface area contributed by atoms with E-state index in [-0.39, 0.29) is 11.7 Å². The standard InChI is InChI=1S/C14H16ClN5OS/c1-2-7-20-13(18-19-14(20)22-9-12(16)21)8-17-11-5-3-10(15)4-6-11/h2-6,17H,1,7-9H2,(H2,16,21). The van der Waals surface area contributed by atoms with E-state index in [0.29, 0.717) is 23.3 Å². The maximum atomic E-state index is 10.9. The summed E-state index contributed by atoms with van der Waals surface area (Å²) in [6, 6.07) is 7.40. The zero-order chi connectivity index (χ0) is 15.9. The molecule has 0 aliphatic carbocycles. The molecule has 3 N–H and O–H groups in total. The van der Waals surface area contributed by atoms with Crippen molar-refractivity contribution in [2.75, 3.05) is 11.1 Å². The van der Waals surface area contributed by atoms with E-state index in [9.17, 15) is 4.79 Å². The number of nitrogens with one attached hydrogen (secondary N) is 1.